The first-order valence-electron chi connectivity index (χ1n) is 8.54. The fourth-order valence-corrected chi connectivity index (χ4v) is 3.73. The monoisotopic (exact) mass is 401 g/mol. The number of thiophene rings is 1. The summed E-state index contributed by atoms with van der Waals surface area (Å²) in [5, 5.41) is 3.04. The van der Waals surface area contributed by atoms with Gasteiger partial charge in [-0.1, -0.05) is 0 Å². The van der Waals surface area contributed by atoms with Gasteiger partial charge in [0, 0.05) is 5.69 Å². The minimum Gasteiger partial charge on any atom is -0.497 e. The molecule has 0 saturated carbocycles. The summed E-state index contributed by atoms with van der Waals surface area (Å²) in [6, 6.07) is 6.85. The van der Waals surface area contributed by atoms with Gasteiger partial charge in [-0.2, -0.15) is 0 Å². The van der Waals surface area contributed by atoms with Crippen LogP contribution in [0.1, 0.15) is 22.2 Å². The first-order valence-corrected chi connectivity index (χ1v) is 9.35. The molecular weight excluding hydrogens is 382 g/mol. The number of amides is 1. The number of rotatable bonds is 6. The zero-order valence-electron chi connectivity index (χ0n) is 15.6. The molecular formula is C19H19N3O5S. The minimum atomic E-state index is -0.480. The molecule has 0 bridgehead atoms. The van der Waals surface area contributed by atoms with Gasteiger partial charge in [0.1, 0.15) is 22.0 Å². The predicted molar refractivity (Wildman–Crippen MR) is 106 cm³/mol. The van der Waals surface area contributed by atoms with Crippen molar-refractivity contribution in [2.24, 2.45) is 0 Å². The highest BCUT2D eigenvalue weighted by molar-refractivity contribution is 7.20. The lowest BCUT2D eigenvalue weighted by Gasteiger charge is -2.08. The van der Waals surface area contributed by atoms with E-state index in [1.54, 1.807) is 45.2 Å². The Kier molecular flexibility index (Phi) is 5.74. The molecule has 9 heteroatoms. The average Bonchev–Trinajstić information content (AvgIpc) is 3.02. The molecule has 28 heavy (non-hydrogen) atoms. The van der Waals surface area contributed by atoms with Crippen LogP contribution in [0.15, 0.2) is 35.4 Å². The van der Waals surface area contributed by atoms with Crippen LogP contribution in [0.2, 0.25) is 0 Å². The van der Waals surface area contributed by atoms with Crippen LogP contribution in [-0.4, -0.2) is 35.1 Å². The molecule has 0 fully saturated rings. The van der Waals surface area contributed by atoms with E-state index >= 15 is 0 Å². The molecule has 8 nitrogen and oxygen atoms in total. The van der Waals surface area contributed by atoms with Crippen LogP contribution in [0.4, 0.5) is 5.69 Å². The Bertz CT molecular complexity index is 1090. The Labute approximate surface area is 164 Å². The summed E-state index contributed by atoms with van der Waals surface area (Å²) in [4.78, 5) is 42.2. The van der Waals surface area contributed by atoms with E-state index in [2.05, 4.69) is 10.3 Å². The maximum atomic E-state index is 12.8. The maximum Gasteiger partial charge on any atom is 0.348 e. The number of aromatic nitrogens is 2. The molecule has 1 aromatic carbocycles. The van der Waals surface area contributed by atoms with Crippen LogP contribution < -0.4 is 15.6 Å². The maximum absolute atomic E-state index is 12.8. The first kappa shape index (κ1) is 19.6. The highest BCUT2D eigenvalue weighted by Gasteiger charge is 2.20. The van der Waals surface area contributed by atoms with E-state index < -0.39 is 5.97 Å². The summed E-state index contributed by atoms with van der Waals surface area (Å²) >= 11 is 1.11. The summed E-state index contributed by atoms with van der Waals surface area (Å²) in [6.45, 7) is 3.44. The number of carbonyl (C=O) groups excluding carboxylic acids is 2. The van der Waals surface area contributed by atoms with Crippen molar-refractivity contribution in [2.75, 3.05) is 19.0 Å². The molecule has 1 N–H and O–H groups in total. The fraction of sp³-hybridized carbons (Fsp3) is 0.263. The molecule has 0 radical (unpaired) electrons. The number of nitrogens with zero attached hydrogens (tertiary/aromatic N) is 2. The number of carbonyl (C=O) groups is 2. The molecule has 0 unspecified atom stereocenters. The Hall–Kier alpha value is -3.20. The second-order valence-electron chi connectivity index (χ2n) is 5.91. The van der Waals surface area contributed by atoms with Gasteiger partial charge in [0.15, 0.2) is 0 Å². The zero-order valence-corrected chi connectivity index (χ0v) is 16.5. The summed E-state index contributed by atoms with van der Waals surface area (Å²) < 4.78 is 11.3. The van der Waals surface area contributed by atoms with Gasteiger partial charge < -0.3 is 14.8 Å². The number of aryl methyl sites for hydroxylation is 1. The lowest BCUT2D eigenvalue weighted by atomic mass is 10.2. The number of methoxy groups -OCH3 is 1. The standard InChI is InChI=1S/C19H19N3O5S/c1-4-27-19(25)16-11(2)15-17(28-16)20-10-22(18(15)24)9-14(23)21-12-5-7-13(26-3)8-6-12/h5-8,10H,4,9H2,1-3H3,(H,21,23). The molecule has 2 aromatic heterocycles. The van der Waals surface area contributed by atoms with Gasteiger partial charge in [0.2, 0.25) is 5.91 Å². The van der Waals surface area contributed by atoms with E-state index in [-0.39, 0.29) is 24.6 Å². The van der Waals surface area contributed by atoms with Crippen molar-refractivity contribution >= 4 is 39.1 Å². The van der Waals surface area contributed by atoms with Crippen molar-refractivity contribution in [1.82, 2.24) is 9.55 Å². The predicted octanol–water partition coefficient (Wildman–Crippen LogP) is 2.59. The molecule has 3 aromatic rings. The summed E-state index contributed by atoms with van der Waals surface area (Å²) in [7, 11) is 1.56. The van der Waals surface area contributed by atoms with Gasteiger partial charge in [0.05, 0.1) is 25.4 Å². The number of nitrogens with one attached hydrogen (secondary N) is 1. The quantitative estimate of drug-likeness (QED) is 0.638. The Morgan fingerprint density at radius 2 is 1.96 bits per heavy atom. The smallest absolute Gasteiger partial charge is 0.348 e. The van der Waals surface area contributed by atoms with Crippen molar-refractivity contribution in [3.05, 3.63) is 51.4 Å². The van der Waals surface area contributed by atoms with Crippen molar-refractivity contribution in [3.63, 3.8) is 0 Å². The van der Waals surface area contributed by atoms with Crippen LogP contribution in [0.25, 0.3) is 10.2 Å². The van der Waals surface area contributed by atoms with Crippen molar-refractivity contribution in [3.8, 4) is 5.75 Å². The molecule has 0 aliphatic heterocycles. The fourth-order valence-electron chi connectivity index (χ4n) is 2.69. The van der Waals surface area contributed by atoms with E-state index in [1.807, 2.05) is 0 Å². The number of hydrogen-bond donors (Lipinski definition) is 1. The van der Waals surface area contributed by atoms with Crippen LogP contribution in [0, 0.1) is 6.92 Å². The Morgan fingerprint density at radius 1 is 1.25 bits per heavy atom. The summed E-state index contributed by atoms with van der Waals surface area (Å²) in [6.07, 6.45) is 1.31. The Balaban J connectivity index is 1.83. The van der Waals surface area contributed by atoms with E-state index in [0.29, 0.717) is 32.1 Å². The highest BCUT2D eigenvalue weighted by atomic mass is 32.1. The second kappa shape index (κ2) is 8.22. The van der Waals surface area contributed by atoms with Crippen molar-refractivity contribution < 1.29 is 19.1 Å². The van der Waals surface area contributed by atoms with Gasteiger partial charge in [-0.3, -0.25) is 14.2 Å². The molecule has 3 rings (SSSR count). The number of hydrogen-bond acceptors (Lipinski definition) is 7. The van der Waals surface area contributed by atoms with Gasteiger partial charge in [0.25, 0.3) is 5.56 Å². The second-order valence-corrected chi connectivity index (χ2v) is 6.91. The summed E-state index contributed by atoms with van der Waals surface area (Å²) in [5.74, 6) is -0.174. The van der Waals surface area contributed by atoms with Crippen LogP contribution in [-0.2, 0) is 16.1 Å². The van der Waals surface area contributed by atoms with Gasteiger partial charge in [-0.25, -0.2) is 9.78 Å². The van der Waals surface area contributed by atoms with Crippen molar-refractivity contribution in [1.29, 1.82) is 0 Å². The molecule has 1 amide bonds. The topological polar surface area (TPSA) is 99.5 Å². The largest absolute Gasteiger partial charge is 0.497 e. The molecule has 146 valence electrons. The SMILES string of the molecule is CCOC(=O)c1sc2ncn(CC(=O)Nc3ccc(OC)cc3)c(=O)c2c1C. The number of esters is 1. The molecule has 0 atom stereocenters. The molecule has 0 aliphatic carbocycles. The molecule has 0 aliphatic rings. The van der Waals surface area contributed by atoms with Gasteiger partial charge in [-0.15, -0.1) is 11.3 Å². The molecule has 0 spiro atoms. The van der Waals surface area contributed by atoms with Crippen LogP contribution >= 0.6 is 11.3 Å². The van der Waals surface area contributed by atoms with E-state index in [1.165, 1.54) is 10.9 Å². The zero-order chi connectivity index (χ0) is 20.3. The van der Waals surface area contributed by atoms with Gasteiger partial charge >= 0.3 is 5.97 Å². The highest BCUT2D eigenvalue weighted by Crippen LogP contribution is 2.27. The third-order valence-electron chi connectivity index (χ3n) is 4.07. The summed E-state index contributed by atoms with van der Waals surface area (Å²) in [5.41, 5.74) is 0.726. The molecule has 2 heterocycles. The number of anilines is 1. The third-order valence-corrected chi connectivity index (χ3v) is 5.25. The lowest BCUT2D eigenvalue weighted by Crippen LogP contribution is -2.27. The van der Waals surface area contributed by atoms with Crippen molar-refractivity contribution in [2.45, 2.75) is 20.4 Å². The third kappa shape index (κ3) is 3.89. The number of fused-ring (bicyclic) bond motifs is 1. The van der Waals surface area contributed by atoms with Crippen LogP contribution in [0.3, 0.4) is 0 Å². The number of benzene rings is 1. The average molecular weight is 401 g/mol. The number of ether oxygens (including phenoxy) is 2. The minimum absolute atomic E-state index is 0.197. The first-order chi connectivity index (χ1) is 13.4. The van der Waals surface area contributed by atoms with Gasteiger partial charge in [-0.05, 0) is 43.7 Å². The van der Waals surface area contributed by atoms with E-state index in [0.717, 1.165) is 11.3 Å². The molecule has 0 saturated heterocycles. The van der Waals surface area contributed by atoms with E-state index in [4.69, 9.17) is 9.47 Å². The normalized spacial score (nSPS) is 10.7. The van der Waals surface area contributed by atoms with E-state index in [9.17, 15) is 14.4 Å². The van der Waals surface area contributed by atoms with Crippen LogP contribution in [0.5, 0.6) is 5.75 Å². The Morgan fingerprint density at radius 3 is 2.61 bits per heavy atom. The lowest BCUT2D eigenvalue weighted by molar-refractivity contribution is -0.116.